The molecular formula is C16H20N3OS+. The van der Waals surface area contributed by atoms with Crippen molar-refractivity contribution in [2.24, 2.45) is 0 Å². The molecule has 0 aliphatic heterocycles. The van der Waals surface area contributed by atoms with Crippen molar-refractivity contribution in [3.63, 3.8) is 0 Å². The lowest BCUT2D eigenvalue weighted by atomic mass is 10.0. The highest BCUT2D eigenvalue weighted by atomic mass is 32.1. The zero-order valence-electron chi connectivity index (χ0n) is 11.9. The molecule has 1 aliphatic rings. The van der Waals surface area contributed by atoms with Crippen molar-refractivity contribution >= 4 is 22.2 Å². The molecule has 4 nitrogen and oxygen atoms in total. The summed E-state index contributed by atoms with van der Waals surface area (Å²) >= 11 is 1.59. The van der Waals surface area contributed by atoms with Gasteiger partial charge in [-0.15, -0.1) is 11.3 Å². The van der Waals surface area contributed by atoms with Crippen molar-refractivity contribution in [3.05, 3.63) is 46.1 Å². The van der Waals surface area contributed by atoms with Gasteiger partial charge in [-0.25, -0.2) is 4.98 Å². The number of pyridine rings is 1. The van der Waals surface area contributed by atoms with Gasteiger partial charge in [-0.05, 0) is 37.3 Å². The normalized spacial score (nSPS) is 14.3. The van der Waals surface area contributed by atoms with Gasteiger partial charge in [0.15, 0.2) is 12.4 Å². The van der Waals surface area contributed by atoms with E-state index in [2.05, 4.69) is 10.3 Å². The minimum atomic E-state index is -0.0456. The molecule has 0 atom stereocenters. The fourth-order valence-corrected chi connectivity index (χ4v) is 3.98. The smallest absolute Gasteiger partial charge is 0.254 e. The summed E-state index contributed by atoms with van der Waals surface area (Å²) in [5, 5.41) is 3.65. The van der Waals surface area contributed by atoms with Crippen LogP contribution in [0.25, 0.3) is 0 Å². The number of amides is 1. The van der Waals surface area contributed by atoms with Gasteiger partial charge in [0, 0.05) is 23.1 Å². The van der Waals surface area contributed by atoms with Crippen molar-refractivity contribution in [2.75, 3.05) is 5.73 Å². The fraction of sp³-hybridized carbons (Fsp3) is 0.375. The summed E-state index contributed by atoms with van der Waals surface area (Å²) in [6.45, 7) is 0.514. The predicted octanol–water partition coefficient (Wildman–Crippen LogP) is 2.34. The molecule has 0 saturated carbocycles. The first-order valence-electron chi connectivity index (χ1n) is 7.39. The number of H-pyrrole nitrogens is 1. The maximum atomic E-state index is 12.5. The number of anilines is 1. The van der Waals surface area contributed by atoms with Crippen LogP contribution in [0, 0.1) is 0 Å². The van der Waals surface area contributed by atoms with E-state index >= 15 is 0 Å². The molecule has 3 rings (SSSR count). The second kappa shape index (κ2) is 6.26. The third-order valence-corrected chi connectivity index (χ3v) is 5.02. The predicted molar refractivity (Wildman–Crippen MR) is 84.2 cm³/mol. The van der Waals surface area contributed by atoms with Crippen LogP contribution in [0.4, 0.5) is 5.00 Å². The highest BCUT2D eigenvalue weighted by Crippen LogP contribution is 2.35. The Hall–Kier alpha value is -1.88. The molecule has 0 fully saturated rings. The molecule has 21 heavy (non-hydrogen) atoms. The Bertz CT molecular complexity index is 636. The van der Waals surface area contributed by atoms with Gasteiger partial charge in [-0.2, -0.15) is 0 Å². The van der Waals surface area contributed by atoms with Crippen molar-refractivity contribution in [1.82, 2.24) is 5.32 Å². The van der Waals surface area contributed by atoms with Crippen LogP contribution in [0.5, 0.6) is 0 Å². The van der Waals surface area contributed by atoms with Gasteiger partial charge >= 0.3 is 0 Å². The zero-order chi connectivity index (χ0) is 14.7. The molecule has 0 spiro atoms. The molecule has 4 N–H and O–H groups in total. The number of fused-ring (bicyclic) bond motifs is 1. The number of aromatic amines is 1. The topological polar surface area (TPSA) is 69.3 Å². The number of nitrogens with two attached hydrogens (primary N) is 1. The van der Waals surface area contributed by atoms with Crippen molar-refractivity contribution < 1.29 is 9.78 Å². The van der Waals surface area contributed by atoms with Gasteiger partial charge < -0.3 is 11.1 Å². The number of rotatable bonds is 3. The van der Waals surface area contributed by atoms with E-state index in [9.17, 15) is 4.79 Å². The van der Waals surface area contributed by atoms with Gasteiger partial charge in [0.1, 0.15) is 0 Å². The van der Waals surface area contributed by atoms with Crippen molar-refractivity contribution in [2.45, 2.75) is 38.6 Å². The summed E-state index contributed by atoms with van der Waals surface area (Å²) in [6, 6.07) is 3.90. The third kappa shape index (κ3) is 3.08. The highest BCUT2D eigenvalue weighted by Gasteiger charge is 2.23. The Morgan fingerprint density at radius 3 is 3.00 bits per heavy atom. The molecule has 2 aromatic rings. The van der Waals surface area contributed by atoms with E-state index in [0.29, 0.717) is 11.5 Å². The van der Waals surface area contributed by atoms with Crippen LogP contribution >= 0.6 is 11.3 Å². The molecule has 0 unspecified atom stereocenters. The molecule has 0 aromatic carbocycles. The lowest BCUT2D eigenvalue weighted by molar-refractivity contribution is -0.378. The number of carbonyl (C=O) groups is 1. The standard InChI is InChI=1S/C16H19N3OS/c17-15-14(12-6-2-1-3-7-13(12)21-15)16(20)19-10-11-5-4-8-18-9-11/h4-5,8-9H,1-3,6-7,10,17H2,(H,19,20)/p+1. The second-order valence-corrected chi connectivity index (χ2v) is 6.53. The van der Waals surface area contributed by atoms with Crippen LogP contribution in [0.15, 0.2) is 24.5 Å². The van der Waals surface area contributed by atoms with Gasteiger partial charge in [0.2, 0.25) is 0 Å². The summed E-state index contributed by atoms with van der Waals surface area (Å²) in [7, 11) is 0. The number of hydrogen-bond acceptors (Lipinski definition) is 3. The molecule has 2 heterocycles. The molecule has 0 saturated heterocycles. The average Bonchev–Trinajstić information content (AvgIpc) is 2.67. The van der Waals surface area contributed by atoms with Crippen molar-refractivity contribution in [3.8, 4) is 0 Å². The minimum absolute atomic E-state index is 0.0456. The summed E-state index contributed by atoms with van der Waals surface area (Å²) in [5.41, 5.74) is 9.05. The van der Waals surface area contributed by atoms with Crippen LogP contribution in [-0.2, 0) is 19.4 Å². The summed E-state index contributed by atoms with van der Waals surface area (Å²) in [5.74, 6) is -0.0456. The summed E-state index contributed by atoms with van der Waals surface area (Å²) in [6.07, 6.45) is 9.36. The number of thiophene rings is 1. The SMILES string of the molecule is Nc1sc2c(c1C(=O)NCc1ccc[nH+]c1)CCCCC2. The van der Waals surface area contributed by atoms with E-state index in [4.69, 9.17) is 5.73 Å². The first kappa shape index (κ1) is 14.1. The Labute approximate surface area is 128 Å². The molecular weight excluding hydrogens is 282 g/mol. The number of nitrogens with one attached hydrogen (secondary N) is 2. The molecule has 5 heteroatoms. The third-order valence-electron chi connectivity index (χ3n) is 3.90. The number of aromatic nitrogens is 1. The van der Waals surface area contributed by atoms with E-state index in [0.717, 1.165) is 30.4 Å². The zero-order valence-corrected chi connectivity index (χ0v) is 12.8. The van der Waals surface area contributed by atoms with Gasteiger partial charge in [-0.3, -0.25) is 4.79 Å². The number of nitrogen functional groups attached to an aromatic ring is 1. The van der Waals surface area contributed by atoms with Crippen molar-refractivity contribution in [1.29, 1.82) is 0 Å². The van der Waals surface area contributed by atoms with E-state index in [1.165, 1.54) is 23.3 Å². The lowest BCUT2D eigenvalue weighted by Crippen LogP contribution is -2.25. The number of hydrogen-bond donors (Lipinski definition) is 2. The first-order chi connectivity index (χ1) is 10.3. The van der Waals surface area contributed by atoms with E-state index < -0.39 is 0 Å². The van der Waals surface area contributed by atoms with Crippen LogP contribution in [0.2, 0.25) is 0 Å². The largest absolute Gasteiger partial charge is 0.390 e. The van der Waals surface area contributed by atoms with Crippen LogP contribution in [0.3, 0.4) is 0 Å². The highest BCUT2D eigenvalue weighted by molar-refractivity contribution is 7.16. The number of carbonyl (C=O) groups excluding carboxylic acids is 1. The van der Waals surface area contributed by atoms with Crippen LogP contribution in [0.1, 0.15) is 45.6 Å². The first-order valence-corrected chi connectivity index (χ1v) is 8.20. The lowest BCUT2D eigenvalue weighted by Gasteiger charge is -2.07. The van der Waals surface area contributed by atoms with E-state index in [1.807, 2.05) is 24.5 Å². The maximum Gasteiger partial charge on any atom is 0.254 e. The Morgan fingerprint density at radius 1 is 1.33 bits per heavy atom. The summed E-state index contributed by atoms with van der Waals surface area (Å²) in [4.78, 5) is 16.8. The van der Waals surface area contributed by atoms with Gasteiger partial charge in [-0.1, -0.05) is 6.42 Å². The quantitative estimate of drug-likeness (QED) is 0.854. The van der Waals surface area contributed by atoms with Gasteiger partial charge in [0.25, 0.3) is 5.91 Å². The molecule has 110 valence electrons. The summed E-state index contributed by atoms with van der Waals surface area (Å²) < 4.78 is 0. The van der Waals surface area contributed by atoms with Crippen LogP contribution < -0.4 is 16.0 Å². The molecule has 1 aliphatic carbocycles. The average molecular weight is 302 g/mol. The molecule has 1 amide bonds. The number of aryl methyl sites for hydroxylation is 1. The Balaban J connectivity index is 1.77. The van der Waals surface area contributed by atoms with E-state index in [1.54, 1.807) is 11.3 Å². The van der Waals surface area contributed by atoms with E-state index in [-0.39, 0.29) is 5.91 Å². The maximum absolute atomic E-state index is 12.5. The molecule has 0 radical (unpaired) electrons. The Morgan fingerprint density at radius 2 is 2.19 bits per heavy atom. The Kier molecular flexibility index (Phi) is 4.20. The monoisotopic (exact) mass is 302 g/mol. The minimum Gasteiger partial charge on any atom is -0.390 e. The molecule has 0 bridgehead atoms. The fourth-order valence-electron chi connectivity index (χ4n) is 2.82. The van der Waals surface area contributed by atoms with Crippen LogP contribution in [-0.4, -0.2) is 5.91 Å². The molecule has 2 aromatic heterocycles. The van der Waals surface area contributed by atoms with Gasteiger partial charge in [0.05, 0.1) is 10.6 Å². The second-order valence-electron chi connectivity index (χ2n) is 5.40.